The van der Waals surface area contributed by atoms with E-state index in [-0.39, 0.29) is 12.5 Å². The number of carbonyl (C=O) groups is 2. The summed E-state index contributed by atoms with van der Waals surface area (Å²) in [4.78, 5) is 24.7. The molecule has 0 heterocycles. The van der Waals surface area contributed by atoms with E-state index in [0.717, 1.165) is 21.6 Å². The molecule has 0 spiro atoms. The summed E-state index contributed by atoms with van der Waals surface area (Å²) in [5.74, 6) is -0.918. The lowest BCUT2D eigenvalue weighted by Crippen LogP contribution is -2.20. The molecule has 4 nitrogen and oxygen atoms in total. The molecule has 5 heteroatoms. The number of thioether (sulfide) groups is 1. The van der Waals surface area contributed by atoms with E-state index < -0.39 is 5.97 Å². The second kappa shape index (κ2) is 9.08. The van der Waals surface area contributed by atoms with Crippen molar-refractivity contribution in [1.29, 1.82) is 0 Å². The van der Waals surface area contributed by atoms with E-state index in [4.69, 9.17) is 4.74 Å². The third-order valence-corrected chi connectivity index (χ3v) is 4.41. The lowest BCUT2D eigenvalue weighted by Gasteiger charge is -2.07. The molecule has 25 heavy (non-hydrogen) atoms. The van der Waals surface area contributed by atoms with E-state index in [0.29, 0.717) is 5.69 Å². The molecule has 2 aromatic carbocycles. The first-order chi connectivity index (χ1) is 12.0. The van der Waals surface area contributed by atoms with Crippen LogP contribution in [0.4, 0.5) is 5.69 Å². The van der Waals surface area contributed by atoms with Crippen molar-refractivity contribution in [3.05, 3.63) is 65.2 Å². The van der Waals surface area contributed by atoms with Crippen molar-refractivity contribution in [1.82, 2.24) is 0 Å². The van der Waals surface area contributed by atoms with Crippen molar-refractivity contribution in [3.8, 4) is 0 Å². The van der Waals surface area contributed by atoms with Crippen molar-refractivity contribution < 1.29 is 14.3 Å². The Kier molecular flexibility index (Phi) is 6.83. The SMILES string of the molecule is CSc1ccc(/C=C/C(=O)OCC(=O)Nc2ccc(C)c(C)c2)cc1. The van der Waals surface area contributed by atoms with Gasteiger partial charge in [0.1, 0.15) is 0 Å². The molecule has 0 aromatic heterocycles. The Morgan fingerprint density at radius 1 is 1.08 bits per heavy atom. The van der Waals surface area contributed by atoms with E-state index in [1.165, 1.54) is 6.08 Å². The van der Waals surface area contributed by atoms with Gasteiger partial charge in [0.05, 0.1) is 0 Å². The van der Waals surface area contributed by atoms with Gasteiger partial charge >= 0.3 is 5.97 Å². The minimum absolute atomic E-state index is 0.318. The zero-order valence-electron chi connectivity index (χ0n) is 14.5. The average molecular weight is 355 g/mol. The van der Waals surface area contributed by atoms with E-state index in [2.05, 4.69) is 5.32 Å². The van der Waals surface area contributed by atoms with Crippen LogP contribution in [0.5, 0.6) is 0 Å². The number of rotatable bonds is 6. The van der Waals surface area contributed by atoms with Crippen LogP contribution in [0.15, 0.2) is 53.4 Å². The fourth-order valence-electron chi connectivity index (χ4n) is 2.08. The molecular formula is C20H21NO3S. The molecule has 0 aliphatic heterocycles. The second-order valence-corrected chi connectivity index (χ2v) is 6.44. The zero-order valence-corrected chi connectivity index (χ0v) is 15.4. The molecule has 130 valence electrons. The van der Waals surface area contributed by atoms with Crippen LogP contribution in [0.2, 0.25) is 0 Å². The molecule has 0 saturated heterocycles. The highest BCUT2D eigenvalue weighted by Gasteiger charge is 2.06. The predicted octanol–water partition coefficient (Wildman–Crippen LogP) is 4.22. The van der Waals surface area contributed by atoms with Crippen LogP contribution in [0.25, 0.3) is 6.08 Å². The molecule has 0 saturated carbocycles. The van der Waals surface area contributed by atoms with E-state index in [9.17, 15) is 9.59 Å². The van der Waals surface area contributed by atoms with Gasteiger partial charge in [-0.15, -0.1) is 11.8 Å². The molecule has 0 radical (unpaired) electrons. The Morgan fingerprint density at radius 2 is 1.80 bits per heavy atom. The minimum atomic E-state index is -0.552. The third-order valence-electron chi connectivity index (χ3n) is 3.66. The Labute approximate surface area is 152 Å². The van der Waals surface area contributed by atoms with Crippen LogP contribution >= 0.6 is 11.8 Å². The number of hydrogen-bond donors (Lipinski definition) is 1. The molecular weight excluding hydrogens is 334 g/mol. The molecule has 0 bridgehead atoms. The summed E-state index contributed by atoms with van der Waals surface area (Å²) in [6, 6.07) is 13.4. The number of carbonyl (C=O) groups excluding carboxylic acids is 2. The standard InChI is InChI=1S/C20H21NO3S/c1-14-4-8-17(12-15(14)2)21-19(22)13-24-20(23)11-7-16-5-9-18(25-3)10-6-16/h4-12H,13H2,1-3H3,(H,21,22)/b11-7+. The van der Waals surface area contributed by atoms with Crippen molar-refractivity contribution in [2.24, 2.45) is 0 Å². The van der Waals surface area contributed by atoms with Gasteiger partial charge in [-0.1, -0.05) is 18.2 Å². The number of esters is 1. The number of nitrogens with one attached hydrogen (secondary N) is 1. The summed E-state index contributed by atoms with van der Waals surface area (Å²) in [6.07, 6.45) is 4.98. The Morgan fingerprint density at radius 3 is 2.44 bits per heavy atom. The van der Waals surface area contributed by atoms with Gasteiger partial charge in [0.15, 0.2) is 6.61 Å². The summed E-state index contributed by atoms with van der Waals surface area (Å²) < 4.78 is 4.95. The van der Waals surface area contributed by atoms with Crippen LogP contribution < -0.4 is 5.32 Å². The first-order valence-electron chi connectivity index (χ1n) is 7.84. The quantitative estimate of drug-likeness (QED) is 0.479. The largest absolute Gasteiger partial charge is 0.452 e. The minimum Gasteiger partial charge on any atom is -0.452 e. The molecule has 1 amide bonds. The predicted molar refractivity (Wildman–Crippen MR) is 103 cm³/mol. The molecule has 0 aliphatic rings. The maximum Gasteiger partial charge on any atom is 0.331 e. The Balaban J connectivity index is 1.81. The van der Waals surface area contributed by atoms with Crippen molar-refractivity contribution in [2.45, 2.75) is 18.7 Å². The highest BCUT2D eigenvalue weighted by atomic mass is 32.2. The summed E-state index contributed by atoms with van der Waals surface area (Å²) in [6.45, 7) is 3.66. The molecule has 0 fully saturated rings. The van der Waals surface area contributed by atoms with Gasteiger partial charge in [0.25, 0.3) is 5.91 Å². The molecule has 2 aromatic rings. The van der Waals surface area contributed by atoms with Gasteiger partial charge in [-0.25, -0.2) is 4.79 Å². The Bertz CT molecular complexity index is 782. The number of amides is 1. The monoisotopic (exact) mass is 355 g/mol. The summed E-state index contributed by atoms with van der Waals surface area (Å²) >= 11 is 1.66. The fraction of sp³-hybridized carbons (Fsp3) is 0.200. The van der Waals surface area contributed by atoms with Gasteiger partial charge < -0.3 is 10.1 Å². The van der Waals surface area contributed by atoms with Gasteiger partial charge in [-0.2, -0.15) is 0 Å². The van der Waals surface area contributed by atoms with Crippen molar-refractivity contribution >= 4 is 35.4 Å². The van der Waals surface area contributed by atoms with Crippen LogP contribution in [0, 0.1) is 13.8 Å². The topological polar surface area (TPSA) is 55.4 Å². The average Bonchev–Trinajstić information content (AvgIpc) is 2.61. The lowest BCUT2D eigenvalue weighted by atomic mass is 10.1. The van der Waals surface area contributed by atoms with Gasteiger partial charge in [0.2, 0.25) is 0 Å². The van der Waals surface area contributed by atoms with Gasteiger partial charge in [-0.3, -0.25) is 4.79 Å². The third kappa shape index (κ3) is 6.12. The van der Waals surface area contributed by atoms with Gasteiger partial charge in [0, 0.05) is 16.7 Å². The zero-order chi connectivity index (χ0) is 18.2. The molecule has 0 atom stereocenters. The number of anilines is 1. The normalized spacial score (nSPS) is 10.7. The van der Waals surface area contributed by atoms with E-state index in [1.807, 2.05) is 62.6 Å². The number of ether oxygens (including phenoxy) is 1. The first kappa shape index (κ1) is 18.8. The van der Waals surface area contributed by atoms with E-state index in [1.54, 1.807) is 17.8 Å². The maximum atomic E-state index is 11.8. The van der Waals surface area contributed by atoms with Gasteiger partial charge in [-0.05, 0) is 67.1 Å². The second-order valence-electron chi connectivity index (χ2n) is 5.56. The van der Waals surface area contributed by atoms with Crippen molar-refractivity contribution in [3.63, 3.8) is 0 Å². The molecule has 0 unspecified atom stereocenters. The van der Waals surface area contributed by atoms with Crippen LogP contribution in [-0.2, 0) is 14.3 Å². The van der Waals surface area contributed by atoms with E-state index >= 15 is 0 Å². The summed E-state index contributed by atoms with van der Waals surface area (Å²) in [5.41, 5.74) is 3.83. The maximum absolute atomic E-state index is 11.8. The Hall–Kier alpha value is -2.53. The van der Waals surface area contributed by atoms with Crippen LogP contribution in [0.1, 0.15) is 16.7 Å². The summed E-state index contributed by atoms with van der Waals surface area (Å²) in [7, 11) is 0. The number of aryl methyl sites for hydroxylation is 2. The summed E-state index contributed by atoms with van der Waals surface area (Å²) in [5, 5.41) is 2.71. The highest BCUT2D eigenvalue weighted by molar-refractivity contribution is 7.98. The number of hydrogen-bond acceptors (Lipinski definition) is 4. The lowest BCUT2D eigenvalue weighted by molar-refractivity contribution is -0.142. The molecule has 1 N–H and O–H groups in total. The first-order valence-corrected chi connectivity index (χ1v) is 9.06. The molecule has 0 aliphatic carbocycles. The smallest absolute Gasteiger partial charge is 0.331 e. The highest BCUT2D eigenvalue weighted by Crippen LogP contribution is 2.16. The van der Waals surface area contributed by atoms with Crippen LogP contribution in [-0.4, -0.2) is 24.7 Å². The number of benzene rings is 2. The van der Waals surface area contributed by atoms with Crippen molar-refractivity contribution in [2.75, 3.05) is 18.2 Å². The van der Waals surface area contributed by atoms with Crippen LogP contribution in [0.3, 0.4) is 0 Å². The molecule has 2 rings (SSSR count). The fourth-order valence-corrected chi connectivity index (χ4v) is 2.49.